The van der Waals surface area contributed by atoms with Crippen molar-refractivity contribution >= 4 is 29.0 Å². The van der Waals surface area contributed by atoms with Crippen LogP contribution in [0.25, 0.3) is 11.1 Å². The van der Waals surface area contributed by atoms with Crippen molar-refractivity contribution in [1.29, 1.82) is 0 Å². The van der Waals surface area contributed by atoms with Crippen LogP contribution < -0.4 is 15.2 Å². The first kappa shape index (κ1) is 23.6. The summed E-state index contributed by atoms with van der Waals surface area (Å²) in [6.07, 6.45) is 3.60. The van der Waals surface area contributed by atoms with E-state index in [1.54, 1.807) is 19.2 Å². The lowest BCUT2D eigenvalue weighted by atomic mass is 10.1. The Bertz CT molecular complexity index is 1110. The molecule has 1 aliphatic heterocycles. The highest BCUT2D eigenvalue weighted by Gasteiger charge is 2.20. The SMILES string of the molecule is CC(Oc1cc(-c2ccc(OCCN3CCCC3)cc2)cnc1N)c1c(Cl)ccc(F)c1Cl. The van der Waals surface area contributed by atoms with E-state index >= 15 is 0 Å². The van der Waals surface area contributed by atoms with E-state index in [0.717, 1.165) is 36.5 Å². The third-order valence-electron chi connectivity index (χ3n) is 5.73. The summed E-state index contributed by atoms with van der Waals surface area (Å²) in [4.78, 5) is 6.67. The summed E-state index contributed by atoms with van der Waals surface area (Å²) < 4.78 is 25.8. The summed E-state index contributed by atoms with van der Waals surface area (Å²) in [5, 5.41) is 0.245. The molecule has 1 saturated heterocycles. The number of aromatic nitrogens is 1. The lowest BCUT2D eigenvalue weighted by Gasteiger charge is -2.19. The van der Waals surface area contributed by atoms with Crippen molar-refractivity contribution in [3.63, 3.8) is 0 Å². The van der Waals surface area contributed by atoms with Crippen molar-refractivity contribution in [2.75, 3.05) is 32.0 Å². The molecule has 0 amide bonds. The van der Waals surface area contributed by atoms with Gasteiger partial charge in [0.05, 0.1) is 5.02 Å². The van der Waals surface area contributed by atoms with Gasteiger partial charge in [-0.25, -0.2) is 9.37 Å². The molecule has 0 saturated carbocycles. The highest BCUT2D eigenvalue weighted by Crippen LogP contribution is 2.37. The van der Waals surface area contributed by atoms with Gasteiger partial charge in [-0.1, -0.05) is 35.3 Å². The van der Waals surface area contributed by atoms with Gasteiger partial charge in [0.2, 0.25) is 0 Å². The summed E-state index contributed by atoms with van der Waals surface area (Å²) in [7, 11) is 0. The molecule has 0 aliphatic carbocycles. The second-order valence-corrected chi connectivity index (χ2v) is 8.83. The van der Waals surface area contributed by atoms with Gasteiger partial charge < -0.3 is 15.2 Å². The van der Waals surface area contributed by atoms with Crippen LogP contribution in [0.1, 0.15) is 31.4 Å². The topological polar surface area (TPSA) is 60.6 Å². The maximum atomic E-state index is 13.9. The summed E-state index contributed by atoms with van der Waals surface area (Å²) in [6, 6.07) is 12.3. The van der Waals surface area contributed by atoms with E-state index in [2.05, 4.69) is 9.88 Å². The normalized spacial score (nSPS) is 14.9. The smallest absolute Gasteiger partial charge is 0.166 e. The van der Waals surface area contributed by atoms with Crippen LogP contribution in [0.2, 0.25) is 10.0 Å². The predicted octanol–water partition coefficient (Wildman–Crippen LogP) is 6.39. The molecule has 1 fully saturated rings. The first-order valence-electron chi connectivity index (χ1n) is 10.9. The fourth-order valence-electron chi connectivity index (χ4n) is 3.91. The quantitative estimate of drug-likeness (QED) is 0.371. The Balaban J connectivity index is 1.45. The average molecular weight is 490 g/mol. The Morgan fingerprint density at radius 1 is 1.09 bits per heavy atom. The Morgan fingerprint density at radius 2 is 1.82 bits per heavy atom. The van der Waals surface area contributed by atoms with Crippen LogP contribution in [-0.2, 0) is 0 Å². The van der Waals surface area contributed by atoms with Gasteiger partial charge in [0.1, 0.15) is 24.3 Å². The zero-order valence-corrected chi connectivity index (χ0v) is 19.9. The minimum absolute atomic E-state index is 0.0713. The van der Waals surface area contributed by atoms with Gasteiger partial charge in [-0.2, -0.15) is 0 Å². The number of halogens is 3. The molecular weight excluding hydrogens is 464 g/mol. The minimum atomic E-state index is -0.633. The monoisotopic (exact) mass is 489 g/mol. The molecule has 0 radical (unpaired) electrons. The van der Waals surface area contributed by atoms with Crippen LogP contribution in [0.5, 0.6) is 11.5 Å². The van der Waals surface area contributed by atoms with E-state index in [9.17, 15) is 4.39 Å². The summed E-state index contributed by atoms with van der Waals surface area (Å²) >= 11 is 12.3. The minimum Gasteiger partial charge on any atom is -0.492 e. The molecule has 8 heteroatoms. The second-order valence-electron chi connectivity index (χ2n) is 8.05. The van der Waals surface area contributed by atoms with E-state index in [1.165, 1.54) is 25.0 Å². The molecule has 1 aliphatic rings. The molecule has 0 spiro atoms. The van der Waals surface area contributed by atoms with Crippen molar-refractivity contribution in [3.05, 3.63) is 70.1 Å². The third kappa shape index (κ3) is 5.69. The van der Waals surface area contributed by atoms with Crippen LogP contribution in [0.3, 0.4) is 0 Å². The number of hydrogen-bond acceptors (Lipinski definition) is 5. The molecule has 4 rings (SSSR count). The lowest BCUT2D eigenvalue weighted by molar-refractivity contribution is 0.227. The number of ether oxygens (including phenoxy) is 2. The zero-order valence-electron chi connectivity index (χ0n) is 18.4. The van der Waals surface area contributed by atoms with Gasteiger partial charge in [-0.3, -0.25) is 4.90 Å². The predicted molar refractivity (Wildman–Crippen MR) is 131 cm³/mol. The molecule has 2 aromatic carbocycles. The number of hydrogen-bond donors (Lipinski definition) is 1. The summed E-state index contributed by atoms with van der Waals surface area (Å²) in [5.74, 6) is 0.842. The van der Waals surface area contributed by atoms with Crippen molar-refractivity contribution in [2.24, 2.45) is 0 Å². The molecule has 174 valence electrons. The molecule has 33 heavy (non-hydrogen) atoms. The van der Waals surface area contributed by atoms with Gasteiger partial charge in [0, 0.05) is 28.9 Å². The molecule has 5 nitrogen and oxygen atoms in total. The standard InChI is InChI=1S/C25H26Cl2FN3O2/c1-16(23-20(26)8-9-21(28)24(23)27)33-22-14-18(15-30-25(22)29)17-4-6-19(7-5-17)32-13-12-31-10-2-3-11-31/h4-9,14-16H,2-3,10-13H2,1H3,(H2,29,30). The Morgan fingerprint density at radius 3 is 2.55 bits per heavy atom. The second kappa shape index (κ2) is 10.6. The molecule has 0 bridgehead atoms. The number of nitrogens with two attached hydrogens (primary N) is 1. The van der Waals surface area contributed by atoms with Crippen molar-refractivity contribution in [3.8, 4) is 22.6 Å². The van der Waals surface area contributed by atoms with Gasteiger partial charge >= 0.3 is 0 Å². The maximum absolute atomic E-state index is 13.9. The van der Waals surface area contributed by atoms with Crippen LogP contribution in [0.15, 0.2) is 48.7 Å². The summed E-state index contributed by atoms with van der Waals surface area (Å²) in [6.45, 7) is 5.67. The van der Waals surface area contributed by atoms with E-state index in [0.29, 0.717) is 22.9 Å². The molecule has 2 heterocycles. The van der Waals surface area contributed by atoms with Gasteiger partial charge in [-0.15, -0.1) is 0 Å². The van der Waals surface area contributed by atoms with Crippen LogP contribution in [0, 0.1) is 5.82 Å². The fourth-order valence-corrected chi connectivity index (χ4v) is 4.59. The zero-order chi connectivity index (χ0) is 23.4. The van der Waals surface area contributed by atoms with E-state index in [4.69, 9.17) is 38.4 Å². The van der Waals surface area contributed by atoms with Crippen molar-refractivity contribution in [2.45, 2.75) is 25.9 Å². The molecule has 1 aromatic heterocycles. The highest BCUT2D eigenvalue weighted by atomic mass is 35.5. The number of pyridine rings is 1. The largest absolute Gasteiger partial charge is 0.492 e. The first-order chi connectivity index (χ1) is 15.9. The molecule has 1 unspecified atom stereocenters. The van der Waals surface area contributed by atoms with Crippen LogP contribution in [-0.4, -0.2) is 36.1 Å². The number of nitrogen functional groups attached to an aromatic ring is 1. The summed E-state index contributed by atoms with van der Waals surface area (Å²) in [5.41, 5.74) is 8.15. The first-order valence-corrected chi connectivity index (χ1v) is 11.7. The molecule has 2 N–H and O–H groups in total. The Labute approximate surface area is 203 Å². The lowest BCUT2D eigenvalue weighted by Crippen LogP contribution is -2.25. The molecule has 1 atom stereocenters. The van der Waals surface area contributed by atoms with Crippen LogP contribution in [0.4, 0.5) is 10.2 Å². The van der Waals surface area contributed by atoms with Gasteiger partial charge in [-0.05, 0) is 68.8 Å². The maximum Gasteiger partial charge on any atom is 0.166 e. The van der Waals surface area contributed by atoms with Crippen molar-refractivity contribution in [1.82, 2.24) is 9.88 Å². The third-order valence-corrected chi connectivity index (χ3v) is 6.45. The van der Waals surface area contributed by atoms with Crippen molar-refractivity contribution < 1.29 is 13.9 Å². The van der Waals surface area contributed by atoms with Crippen LogP contribution >= 0.6 is 23.2 Å². The number of anilines is 1. The number of benzene rings is 2. The fraction of sp³-hybridized carbons (Fsp3) is 0.320. The molecular formula is C25H26Cl2FN3O2. The average Bonchev–Trinajstić information content (AvgIpc) is 3.32. The van der Waals surface area contributed by atoms with Gasteiger partial charge in [0.25, 0.3) is 0 Å². The van der Waals surface area contributed by atoms with E-state index in [-0.39, 0.29) is 10.8 Å². The number of rotatable bonds is 8. The number of likely N-dealkylation sites (tertiary alicyclic amines) is 1. The number of nitrogens with zero attached hydrogens (tertiary/aromatic N) is 2. The Hall–Kier alpha value is -2.54. The van der Waals surface area contributed by atoms with E-state index in [1.807, 2.05) is 24.3 Å². The molecule has 3 aromatic rings. The van der Waals surface area contributed by atoms with E-state index < -0.39 is 11.9 Å². The Kier molecular flexibility index (Phi) is 7.58. The van der Waals surface area contributed by atoms with Gasteiger partial charge in [0.15, 0.2) is 11.6 Å². The highest BCUT2D eigenvalue weighted by molar-refractivity contribution is 6.36.